The fourth-order valence-electron chi connectivity index (χ4n) is 1.19. The maximum atomic E-state index is 10.7. The molecular formula is C6H14ClN3O. The van der Waals surface area contributed by atoms with E-state index in [4.69, 9.17) is 5.84 Å². The third-order valence-electron chi connectivity index (χ3n) is 1.73. The lowest BCUT2D eigenvalue weighted by atomic mass is 10.4. The number of carbonyl (C=O) groups is 1. The number of nitrogens with zero attached hydrogens (tertiary/aromatic N) is 1. The van der Waals surface area contributed by atoms with Crippen LogP contribution in [0.4, 0.5) is 0 Å². The van der Waals surface area contributed by atoms with Crippen molar-refractivity contribution < 1.29 is 4.79 Å². The molecule has 0 aromatic carbocycles. The van der Waals surface area contributed by atoms with E-state index in [1.165, 1.54) is 12.8 Å². The highest BCUT2D eigenvalue weighted by molar-refractivity contribution is 5.85. The number of hydrazine groups is 1. The summed E-state index contributed by atoms with van der Waals surface area (Å²) in [7, 11) is 0. The summed E-state index contributed by atoms with van der Waals surface area (Å²) in [5.74, 6) is 4.83. The van der Waals surface area contributed by atoms with Crippen LogP contribution in [0.1, 0.15) is 12.8 Å². The summed E-state index contributed by atoms with van der Waals surface area (Å²) >= 11 is 0. The molecule has 1 heterocycles. The molecule has 0 atom stereocenters. The molecule has 11 heavy (non-hydrogen) atoms. The fraction of sp³-hybridized carbons (Fsp3) is 0.833. The van der Waals surface area contributed by atoms with Crippen molar-refractivity contribution in [3.05, 3.63) is 0 Å². The van der Waals surface area contributed by atoms with Crippen LogP contribution in [0.3, 0.4) is 0 Å². The highest BCUT2D eigenvalue weighted by Gasteiger charge is 2.13. The Balaban J connectivity index is 0.000001000. The monoisotopic (exact) mass is 179 g/mol. The molecular weight excluding hydrogens is 166 g/mol. The Kier molecular flexibility index (Phi) is 5.19. The van der Waals surface area contributed by atoms with Crippen LogP contribution in [0.2, 0.25) is 0 Å². The Bertz CT molecular complexity index is 125. The molecule has 1 aliphatic heterocycles. The highest BCUT2D eigenvalue weighted by atomic mass is 35.5. The van der Waals surface area contributed by atoms with Crippen molar-refractivity contribution in [1.82, 2.24) is 10.3 Å². The number of carbonyl (C=O) groups excluding carboxylic acids is 1. The van der Waals surface area contributed by atoms with E-state index in [-0.39, 0.29) is 18.3 Å². The zero-order valence-corrected chi connectivity index (χ0v) is 7.19. The maximum absolute atomic E-state index is 10.7. The molecule has 0 spiro atoms. The number of likely N-dealkylation sites (tertiary alicyclic amines) is 1. The first kappa shape index (κ1) is 10.7. The lowest BCUT2D eigenvalue weighted by Crippen LogP contribution is -2.39. The Hall–Kier alpha value is -0.320. The molecule has 1 aliphatic rings. The van der Waals surface area contributed by atoms with Crippen LogP contribution in [0, 0.1) is 0 Å². The van der Waals surface area contributed by atoms with Gasteiger partial charge in [-0.3, -0.25) is 15.1 Å². The number of hydrogen-bond donors (Lipinski definition) is 2. The van der Waals surface area contributed by atoms with Crippen LogP contribution < -0.4 is 11.3 Å². The van der Waals surface area contributed by atoms with E-state index in [1.54, 1.807) is 0 Å². The van der Waals surface area contributed by atoms with Gasteiger partial charge in [0.05, 0.1) is 6.54 Å². The Morgan fingerprint density at radius 2 is 2.00 bits per heavy atom. The lowest BCUT2D eigenvalue weighted by molar-refractivity contribution is -0.122. The number of nitrogens with one attached hydrogen (secondary N) is 1. The largest absolute Gasteiger partial charge is 0.294 e. The second-order valence-electron chi connectivity index (χ2n) is 2.55. The summed E-state index contributed by atoms with van der Waals surface area (Å²) in [4.78, 5) is 12.8. The first-order valence-electron chi connectivity index (χ1n) is 3.55. The van der Waals surface area contributed by atoms with Crippen LogP contribution in [-0.4, -0.2) is 30.4 Å². The van der Waals surface area contributed by atoms with E-state index in [1.807, 2.05) is 0 Å². The average Bonchev–Trinajstić information content (AvgIpc) is 2.40. The summed E-state index contributed by atoms with van der Waals surface area (Å²) in [6, 6.07) is 0. The van der Waals surface area contributed by atoms with Gasteiger partial charge in [0.1, 0.15) is 0 Å². The smallest absolute Gasteiger partial charge is 0.248 e. The van der Waals surface area contributed by atoms with Gasteiger partial charge in [0.15, 0.2) is 0 Å². The van der Waals surface area contributed by atoms with Gasteiger partial charge in [-0.1, -0.05) is 0 Å². The van der Waals surface area contributed by atoms with Crippen molar-refractivity contribution in [3.8, 4) is 0 Å². The van der Waals surface area contributed by atoms with Crippen molar-refractivity contribution in [2.45, 2.75) is 12.8 Å². The maximum Gasteiger partial charge on any atom is 0.248 e. The van der Waals surface area contributed by atoms with Crippen LogP contribution in [0.15, 0.2) is 0 Å². The van der Waals surface area contributed by atoms with Crippen molar-refractivity contribution in [2.75, 3.05) is 19.6 Å². The van der Waals surface area contributed by atoms with Gasteiger partial charge in [0.25, 0.3) is 0 Å². The van der Waals surface area contributed by atoms with Gasteiger partial charge < -0.3 is 0 Å². The van der Waals surface area contributed by atoms with E-state index in [0.29, 0.717) is 6.54 Å². The van der Waals surface area contributed by atoms with Crippen LogP contribution >= 0.6 is 12.4 Å². The third-order valence-corrected chi connectivity index (χ3v) is 1.73. The topological polar surface area (TPSA) is 58.4 Å². The summed E-state index contributed by atoms with van der Waals surface area (Å²) in [6.45, 7) is 2.53. The van der Waals surface area contributed by atoms with Gasteiger partial charge in [0.2, 0.25) is 5.91 Å². The second kappa shape index (κ2) is 5.35. The summed E-state index contributed by atoms with van der Waals surface area (Å²) in [5.41, 5.74) is 2.11. The predicted octanol–water partition coefficient (Wildman–Crippen LogP) is -0.506. The molecule has 1 rings (SSSR count). The minimum absolute atomic E-state index is 0. The zero-order valence-electron chi connectivity index (χ0n) is 6.38. The van der Waals surface area contributed by atoms with Crippen LogP contribution in [0.5, 0.6) is 0 Å². The molecule has 66 valence electrons. The number of hydrogen-bond acceptors (Lipinski definition) is 3. The van der Waals surface area contributed by atoms with E-state index < -0.39 is 0 Å². The van der Waals surface area contributed by atoms with Gasteiger partial charge in [-0.15, -0.1) is 12.4 Å². The zero-order chi connectivity index (χ0) is 7.40. The van der Waals surface area contributed by atoms with Crippen LogP contribution in [-0.2, 0) is 4.79 Å². The molecule has 4 nitrogen and oxygen atoms in total. The number of amides is 1. The molecule has 0 aliphatic carbocycles. The molecule has 0 radical (unpaired) electrons. The van der Waals surface area contributed by atoms with Gasteiger partial charge in [-0.05, 0) is 25.9 Å². The van der Waals surface area contributed by atoms with Gasteiger partial charge in [0, 0.05) is 0 Å². The number of nitrogens with two attached hydrogens (primary N) is 1. The molecule has 5 heteroatoms. The molecule has 3 N–H and O–H groups in total. The summed E-state index contributed by atoms with van der Waals surface area (Å²) in [6.07, 6.45) is 2.41. The van der Waals surface area contributed by atoms with Crippen molar-refractivity contribution in [2.24, 2.45) is 5.84 Å². The minimum Gasteiger partial charge on any atom is -0.294 e. The predicted molar refractivity (Wildman–Crippen MR) is 45.3 cm³/mol. The number of halogens is 1. The fourth-order valence-corrected chi connectivity index (χ4v) is 1.19. The first-order valence-corrected chi connectivity index (χ1v) is 3.55. The molecule has 0 aromatic rings. The highest BCUT2D eigenvalue weighted by Crippen LogP contribution is 2.05. The quantitative estimate of drug-likeness (QED) is 0.341. The minimum atomic E-state index is -0.0955. The van der Waals surface area contributed by atoms with Crippen molar-refractivity contribution in [1.29, 1.82) is 0 Å². The first-order chi connectivity index (χ1) is 4.83. The van der Waals surface area contributed by atoms with Crippen LogP contribution in [0.25, 0.3) is 0 Å². The molecule has 1 fully saturated rings. The molecule has 0 aromatic heterocycles. The Labute approximate surface area is 72.5 Å². The molecule has 0 unspecified atom stereocenters. The van der Waals surface area contributed by atoms with Crippen molar-refractivity contribution in [3.63, 3.8) is 0 Å². The van der Waals surface area contributed by atoms with Gasteiger partial charge in [-0.25, -0.2) is 5.84 Å². The second-order valence-corrected chi connectivity index (χ2v) is 2.55. The summed E-state index contributed by atoms with van der Waals surface area (Å²) in [5, 5.41) is 0. The molecule has 1 amide bonds. The SMILES string of the molecule is Cl.NNC(=O)CN1CCCC1. The average molecular weight is 180 g/mol. The van der Waals surface area contributed by atoms with E-state index >= 15 is 0 Å². The van der Waals surface area contributed by atoms with Gasteiger partial charge in [-0.2, -0.15) is 0 Å². The third kappa shape index (κ3) is 3.55. The lowest BCUT2D eigenvalue weighted by Gasteiger charge is -2.11. The molecule has 1 saturated heterocycles. The van der Waals surface area contributed by atoms with Gasteiger partial charge >= 0.3 is 0 Å². The van der Waals surface area contributed by atoms with E-state index in [2.05, 4.69) is 10.3 Å². The van der Waals surface area contributed by atoms with Crippen molar-refractivity contribution >= 4 is 18.3 Å². The Morgan fingerprint density at radius 3 is 2.45 bits per heavy atom. The number of rotatable bonds is 2. The molecule has 0 saturated carbocycles. The van der Waals surface area contributed by atoms with E-state index in [0.717, 1.165) is 13.1 Å². The normalized spacial score (nSPS) is 17.5. The standard InChI is InChI=1S/C6H13N3O.ClH/c7-8-6(10)5-9-3-1-2-4-9;/h1-5,7H2,(H,8,10);1H. The van der Waals surface area contributed by atoms with E-state index in [9.17, 15) is 4.79 Å². The summed E-state index contributed by atoms with van der Waals surface area (Å²) < 4.78 is 0. The Morgan fingerprint density at radius 1 is 1.45 bits per heavy atom. The molecule has 0 bridgehead atoms.